The smallest absolute Gasteiger partial charge is 0.352 e. The van der Waals surface area contributed by atoms with Crippen molar-refractivity contribution in [3.8, 4) is 0 Å². The van der Waals surface area contributed by atoms with Crippen molar-refractivity contribution in [1.29, 1.82) is 0 Å². The first-order valence-electron chi connectivity index (χ1n) is 10.4. The molecule has 2 aliphatic heterocycles. The third kappa shape index (κ3) is 5.32. The molecule has 0 saturated carbocycles. The number of carboxylic acids is 1. The number of thioether (sulfide) groups is 2. The Kier molecular flexibility index (Phi) is 7.81. The number of thiophene rings is 1. The molecule has 12 nitrogen and oxygen atoms in total. The number of nitrogens with one attached hydrogen (secondary N) is 3. The lowest BCUT2D eigenvalue weighted by Gasteiger charge is -2.49. The number of fused-ring (bicyclic) bond motifs is 1. The summed E-state index contributed by atoms with van der Waals surface area (Å²) in [7, 11) is 0. The van der Waals surface area contributed by atoms with Crippen LogP contribution in [0.25, 0.3) is 0 Å². The SMILES string of the molecule is C=CNC(=O)NC(C(=O)N[C@H]1C(=O)N2C(C(=O)O)=C(CSc3ccc[n+]([O-])n3)CSC12)c1cccs1. The van der Waals surface area contributed by atoms with Crippen LogP contribution in [-0.2, 0) is 14.4 Å². The summed E-state index contributed by atoms with van der Waals surface area (Å²) in [6.07, 6.45) is 2.41. The maximum atomic E-state index is 13.1. The Morgan fingerprint density at radius 2 is 2.19 bits per heavy atom. The van der Waals surface area contributed by atoms with Crippen LogP contribution >= 0.6 is 34.9 Å². The molecule has 0 spiro atoms. The molecule has 0 radical (unpaired) electrons. The second-order valence-electron chi connectivity index (χ2n) is 7.46. The highest BCUT2D eigenvalue weighted by Crippen LogP contribution is 2.41. The van der Waals surface area contributed by atoms with Crippen LogP contribution < -0.4 is 20.8 Å². The van der Waals surface area contributed by atoms with Gasteiger partial charge < -0.3 is 26.3 Å². The van der Waals surface area contributed by atoms with E-state index in [0.29, 0.717) is 26.1 Å². The fourth-order valence-corrected chi connectivity index (χ4v) is 6.74. The Balaban J connectivity index is 1.47. The molecule has 0 aromatic carbocycles. The number of hydrogen-bond donors (Lipinski definition) is 4. The van der Waals surface area contributed by atoms with E-state index < -0.39 is 41.3 Å². The van der Waals surface area contributed by atoms with Gasteiger partial charge in [0.15, 0.2) is 5.03 Å². The minimum atomic E-state index is -1.26. The molecule has 4 heterocycles. The molecule has 4 N–H and O–H groups in total. The molecular formula is C21H20N6O6S3. The van der Waals surface area contributed by atoms with E-state index in [0.717, 1.165) is 0 Å². The van der Waals surface area contributed by atoms with Gasteiger partial charge in [0.25, 0.3) is 5.91 Å². The summed E-state index contributed by atoms with van der Waals surface area (Å²) in [4.78, 5) is 52.2. The van der Waals surface area contributed by atoms with Crippen molar-refractivity contribution in [3.05, 3.63) is 70.0 Å². The summed E-state index contributed by atoms with van der Waals surface area (Å²) in [6, 6.07) is 3.93. The van der Waals surface area contributed by atoms with Gasteiger partial charge in [-0.15, -0.1) is 23.1 Å². The number of rotatable bonds is 9. The quantitative estimate of drug-likeness (QED) is 0.153. The molecule has 15 heteroatoms. The first-order chi connectivity index (χ1) is 17.3. The first kappa shape index (κ1) is 25.5. The number of hydrogen-bond acceptors (Lipinski definition) is 9. The lowest BCUT2D eigenvalue weighted by Crippen LogP contribution is -2.71. The van der Waals surface area contributed by atoms with Crippen molar-refractivity contribution in [2.45, 2.75) is 22.5 Å². The van der Waals surface area contributed by atoms with Crippen LogP contribution in [0, 0.1) is 5.21 Å². The Morgan fingerprint density at radius 1 is 1.39 bits per heavy atom. The van der Waals surface area contributed by atoms with E-state index in [1.807, 2.05) is 0 Å². The van der Waals surface area contributed by atoms with E-state index >= 15 is 0 Å². The number of aromatic nitrogens is 2. The zero-order valence-corrected chi connectivity index (χ0v) is 20.9. The zero-order valence-electron chi connectivity index (χ0n) is 18.4. The van der Waals surface area contributed by atoms with Gasteiger partial charge in [0, 0.05) is 27.5 Å². The van der Waals surface area contributed by atoms with Gasteiger partial charge in [0.05, 0.1) is 0 Å². The minimum absolute atomic E-state index is 0.133. The molecule has 3 atom stereocenters. The molecule has 1 fully saturated rings. The Hall–Kier alpha value is -3.56. The third-order valence-electron chi connectivity index (χ3n) is 5.19. The summed E-state index contributed by atoms with van der Waals surface area (Å²) in [6.45, 7) is 3.41. The third-order valence-corrected chi connectivity index (χ3v) is 8.47. The highest BCUT2D eigenvalue weighted by atomic mass is 32.2. The monoisotopic (exact) mass is 548 g/mol. The number of urea groups is 1. The van der Waals surface area contributed by atoms with Gasteiger partial charge in [-0.2, -0.15) is 0 Å². The molecule has 4 rings (SSSR count). The minimum Gasteiger partial charge on any atom is -0.594 e. The molecular weight excluding hydrogens is 528 g/mol. The van der Waals surface area contributed by atoms with Crippen LogP contribution in [0.1, 0.15) is 10.9 Å². The van der Waals surface area contributed by atoms with Crippen LogP contribution in [0.15, 0.2) is 64.9 Å². The number of carboxylic acid groups (broad SMARTS) is 1. The summed E-state index contributed by atoms with van der Waals surface area (Å²) >= 11 is 3.77. The molecule has 2 unspecified atom stereocenters. The molecule has 1 saturated heterocycles. The highest BCUT2D eigenvalue weighted by Gasteiger charge is 2.54. The molecule has 0 aliphatic carbocycles. The maximum absolute atomic E-state index is 13.1. The highest BCUT2D eigenvalue weighted by molar-refractivity contribution is 8.01. The second-order valence-corrected chi connectivity index (χ2v) is 10.5. The lowest BCUT2D eigenvalue weighted by atomic mass is 10.0. The van der Waals surface area contributed by atoms with Crippen molar-refractivity contribution < 1.29 is 29.1 Å². The van der Waals surface area contributed by atoms with Gasteiger partial charge in [-0.3, -0.25) is 14.5 Å². The Labute approximate surface area is 217 Å². The molecule has 4 amide bonds. The average molecular weight is 549 g/mol. The van der Waals surface area contributed by atoms with Gasteiger partial charge in [0.1, 0.15) is 23.2 Å². The lowest BCUT2D eigenvalue weighted by molar-refractivity contribution is -0.672. The Bertz CT molecular complexity index is 1240. The summed E-state index contributed by atoms with van der Waals surface area (Å²) in [5, 5.41) is 34.1. The number of β-lactam (4-membered cyclic amide) rings is 1. The van der Waals surface area contributed by atoms with Crippen molar-refractivity contribution in [1.82, 2.24) is 25.9 Å². The van der Waals surface area contributed by atoms with E-state index in [4.69, 9.17) is 0 Å². The predicted octanol–water partition coefficient (Wildman–Crippen LogP) is 0.791. The van der Waals surface area contributed by atoms with E-state index in [2.05, 4.69) is 27.6 Å². The van der Waals surface area contributed by atoms with Crippen LogP contribution in [0.3, 0.4) is 0 Å². The Morgan fingerprint density at radius 3 is 2.86 bits per heavy atom. The van der Waals surface area contributed by atoms with Crippen LogP contribution in [0.5, 0.6) is 0 Å². The first-order valence-corrected chi connectivity index (χ1v) is 13.3. The molecule has 2 aromatic heterocycles. The van der Waals surface area contributed by atoms with E-state index in [1.54, 1.807) is 23.6 Å². The molecule has 36 heavy (non-hydrogen) atoms. The zero-order chi connectivity index (χ0) is 25.8. The van der Waals surface area contributed by atoms with Gasteiger partial charge in [0.2, 0.25) is 12.1 Å². The van der Waals surface area contributed by atoms with Crippen molar-refractivity contribution in [2.24, 2.45) is 0 Å². The van der Waals surface area contributed by atoms with Crippen molar-refractivity contribution in [2.75, 3.05) is 11.5 Å². The summed E-state index contributed by atoms with van der Waals surface area (Å²) < 4.78 is 0. The molecule has 188 valence electrons. The normalized spacial score (nSPS) is 19.6. The largest absolute Gasteiger partial charge is 0.594 e. The summed E-state index contributed by atoms with van der Waals surface area (Å²) in [5.74, 6) is -1.88. The number of carbonyl (C=O) groups excluding carboxylic acids is 3. The van der Waals surface area contributed by atoms with Gasteiger partial charge in [-0.1, -0.05) is 29.3 Å². The van der Waals surface area contributed by atoms with E-state index in [1.165, 1.54) is 58.2 Å². The maximum Gasteiger partial charge on any atom is 0.352 e. The standard InChI is InChI=1S/C21H20N6O6S3/c1-2-22-21(32)24-14(12-5-4-8-34-12)17(28)23-15-18(29)27-16(20(30)31)11(10-36-19(15)27)9-35-13-6-3-7-26(33)25-13/h2-8,14-15,19H,1,9-10H2,(H,23,28)(H,30,31)(H2,22,24,32)/t14?,15-,19?/m0/s1. The van der Waals surface area contributed by atoms with E-state index in [9.17, 15) is 29.5 Å². The van der Waals surface area contributed by atoms with Crippen molar-refractivity contribution >= 4 is 58.7 Å². The predicted molar refractivity (Wildman–Crippen MR) is 133 cm³/mol. The van der Waals surface area contributed by atoms with Crippen molar-refractivity contribution in [3.63, 3.8) is 0 Å². The van der Waals surface area contributed by atoms with Gasteiger partial charge >= 0.3 is 12.0 Å². The fraction of sp³-hybridized carbons (Fsp3) is 0.238. The van der Waals surface area contributed by atoms with Gasteiger partial charge in [-0.05, 0) is 29.3 Å². The van der Waals surface area contributed by atoms with Gasteiger partial charge in [-0.25, -0.2) is 9.59 Å². The average Bonchev–Trinajstić information content (AvgIpc) is 3.38. The van der Waals surface area contributed by atoms with E-state index in [-0.39, 0.29) is 11.4 Å². The topological polar surface area (TPSA) is 168 Å². The van der Waals surface area contributed by atoms with Crippen LogP contribution in [0.2, 0.25) is 0 Å². The molecule has 0 bridgehead atoms. The number of aliphatic carboxylic acids is 1. The number of amides is 4. The number of carbonyl (C=O) groups is 4. The van der Waals surface area contributed by atoms with Crippen LogP contribution in [0.4, 0.5) is 4.79 Å². The number of nitrogens with zero attached hydrogens (tertiary/aromatic N) is 3. The fourth-order valence-electron chi connectivity index (χ4n) is 3.62. The molecule has 2 aromatic rings. The van der Waals surface area contributed by atoms with Crippen LogP contribution in [-0.4, -0.2) is 61.8 Å². The second kappa shape index (κ2) is 11.0. The summed E-state index contributed by atoms with van der Waals surface area (Å²) in [5.41, 5.74) is 0.375. The molecule has 2 aliphatic rings.